The molecule has 25 heavy (non-hydrogen) atoms. The maximum atomic E-state index is 5.38. The van der Waals surface area contributed by atoms with Crippen LogP contribution in [0.5, 0.6) is 17.2 Å². The van der Waals surface area contributed by atoms with E-state index in [4.69, 9.17) is 18.7 Å². The van der Waals surface area contributed by atoms with Gasteiger partial charge in [0.05, 0.1) is 21.3 Å². The average Bonchev–Trinajstić information content (AvgIpc) is 3.15. The second-order valence-electron chi connectivity index (χ2n) is 5.19. The van der Waals surface area contributed by atoms with Gasteiger partial charge in [-0.1, -0.05) is 17.3 Å². The number of nitrogens with one attached hydrogen (secondary N) is 1. The fourth-order valence-corrected chi connectivity index (χ4v) is 2.34. The van der Waals surface area contributed by atoms with E-state index in [1.807, 2.05) is 42.5 Å². The zero-order chi connectivity index (χ0) is 17.6. The van der Waals surface area contributed by atoms with Crippen molar-refractivity contribution in [2.75, 3.05) is 26.6 Å². The second-order valence-corrected chi connectivity index (χ2v) is 5.19. The minimum Gasteiger partial charge on any atom is -0.497 e. The molecule has 3 rings (SSSR count). The van der Waals surface area contributed by atoms with Crippen molar-refractivity contribution in [2.24, 2.45) is 0 Å². The summed E-state index contributed by atoms with van der Waals surface area (Å²) in [4.78, 5) is 4.35. The lowest BCUT2D eigenvalue weighted by Gasteiger charge is -2.10. The highest BCUT2D eigenvalue weighted by Crippen LogP contribution is 2.26. The van der Waals surface area contributed by atoms with Gasteiger partial charge in [-0.3, -0.25) is 0 Å². The Bertz CT molecular complexity index is 848. The lowest BCUT2D eigenvalue weighted by Crippen LogP contribution is -2.02. The van der Waals surface area contributed by atoms with Crippen LogP contribution in [-0.4, -0.2) is 31.5 Å². The van der Waals surface area contributed by atoms with Crippen molar-refractivity contribution in [3.8, 4) is 28.6 Å². The van der Waals surface area contributed by atoms with Gasteiger partial charge < -0.3 is 24.1 Å². The number of hydrogen-bond acceptors (Lipinski definition) is 7. The van der Waals surface area contributed by atoms with Gasteiger partial charge in [-0.05, 0) is 24.3 Å². The lowest BCUT2D eigenvalue weighted by molar-refractivity contribution is 0.391. The number of benzene rings is 2. The summed E-state index contributed by atoms with van der Waals surface area (Å²) in [6.45, 7) is 0.479. The van der Waals surface area contributed by atoms with Gasteiger partial charge >= 0.3 is 6.01 Å². The molecular weight excluding hydrogens is 322 g/mol. The topological polar surface area (TPSA) is 78.6 Å². The average molecular weight is 341 g/mol. The molecule has 130 valence electrons. The first-order chi connectivity index (χ1) is 12.2. The third kappa shape index (κ3) is 3.82. The van der Waals surface area contributed by atoms with E-state index in [9.17, 15) is 0 Å². The number of rotatable bonds is 7. The maximum Gasteiger partial charge on any atom is 0.322 e. The number of ether oxygens (including phenoxy) is 3. The summed E-state index contributed by atoms with van der Waals surface area (Å²) in [6, 6.07) is 13.4. The van der Waals surface area contributed by atoms with Crippen LogP contribution in [0.15, 0.2) is 47.0 Å². The van der Waals surface area contributed by atoms with Crippen molar-refractivity contribution in [1.29, 1.82) is 0 Å². The minimum atomic E-state index is 0.329. The molecule has 0 bridgehead atoms. The molecule has 0 fully saturated rings. The van der Waals surface area contributed by atoms with Gasteiger partial charge in [0.25, 0.3) is 0 Å². The summed E-state index contributed by atoms with van der Waals surface area (Å²) >= 11 is 0. The molecule has 0 saturated heterocycles. The molecule has 0 aliphatic heterocycles. The summed E-state index contributed by atoms with van der Waals surface area (Å²) < 4.78 is 21.0. The molecule has 0 aliphatic rings. The third-order valence-electron chi connectivity index (χ3n) is 3.68. The zero-order valence-corrected chi connectivity index (χ0v) is 14.3. The fraction of sp³-hybridized carbons (Fsp3) is 0.222. The van der Waals surface area contributed by atoms with Gasteiger partial charge in [0.1, 0.15) is 17.2 Å². The first-order valence-corrected chi connectivity index (χ1v) is 7.66. The Balaban J connectivity index is 1.72. The molecule has 0 atom stereocenters. The van der Waals surface area contributed by atoms with Crippen LogP contribution in [0.1, 0.15) is 5.56 Å². The molecule has 2 aromatic carbocycles. The SMILES string of the molecule is COc1cccc(-c2noc(NCc3ccc(OC)cc3OC)n2)c1. The molecule has 0 spiro atoms. The number of anilines is 1. The van der Waals surface area contributed by atoms with Crippen LogP contribution in [-0.2, 0) is 6.54 Å². The van der Waals surface area contributed by atoms with E-state index >= 15 is 0 Å². The van der Waals surface area contributed by atoms with Gasteiger partial charge in [-0.15, -0.1) is 0 Å². The molecule has 0 aliphatic carbocycles. The standard InChI is InChI=1S/C18H19N3O4/c1-22-14-6-4-5-12(9-14)17-20-18(25-21-17)19-11-13-7-8-15(23-2)10-16(13)24-3/h4-10H,11H2,1-3H3,(H,19,20,21). The molecule has 7 nitrogen and oxygen atoms in total. The minimum absolute atomic E-state index is 0.329. The van der Waals surface area contributed by atoms with Crippen LogP contribution >= 0.6 is 0 Å². The van der Waals surface area contributed by atoms with Crippen LogP contribution in [0.25, 0.3) is 11.4 Å². The molecule has 0 radical (unpaired) electrons. The molecule has 1 N–H and O–H groups in total. The van der Waals surface area contributed by atoms with Gasteiger partial charge in [0.2, 0.25) is 5.82 Å². The summed E-state index contributed by atoms with van der Waals surface area (Å²) in [5, 5.41) is 7.09. The number of aromatic nitrogens is 2. The van der Waals surface area contributed by atoms with Crippen molar-refractivity contribution < 1.29 is 18.7 Å². The monoisotopic (exact) mass is 341 g/mol. The highest BCUT2D eigenvalue weighted by Gasteiger charge is 2.11. The molecule has 1 heterocycles. The van der Waals surface area contributed by atoms with E-state index < -0.39 is 0 Å². The molecule has 0 unspecified atom stereocenters. The Hall–Kier alpha value is -3.22. The van der Waals surface area contributed by atoms with Crippen molar-refractivity contribution >= 4 is 6.01 Å². The number of methoxy groups -OCH3 is 3. The highest BCUT2D eigenvalue weighted by molar-refractivity contribution is 5.58. The van der Waals surface area contributed by atoms with Gasteiger partial charge in [0, 0.05) is 23.7 Å². The predicted molar refractivity (Wildman–Crippen MR) is 93.2 cm³/mol. The summed E-state index contributed by atoms with van der Waals surface area (Å²) in [6.07, 6.45) is 0. The van der Waals surface area contributed by atoms with Crippen molar-refractivity contribution in [3.63, 3.8) is 0 Å². The Labute approximate surface area is 145 Å². The number of hydrogen-bond donors (Lipinski definition) is 1. The second kappa shape index (κ2) is 7.57. The largest absolute Gasteiger partial charge is 0.497 e. The van der Waals surface area contributed by atoms with Crippen LogP contribution in [0, 0.1) is 0 Å². The molecule has 3 aromatic rings. The van der Waals surface area contributed by atoms with Gasteiger partial charge in [-0.2, -0.15) is 4.98 Å². The fourth-order valence-electron chi connectivity index (χ4n) is 2.34. The molecule has 1 aromatic heterocycles. The van der Waals surface area contributed by atoms with Crippen molar-refractivity contribution in [3.05, 3.63) is 48.0 Å². The van der Waals surface area contributed by atoms with Crippen molar-refractivity contribution in [2.45, 2.75) is 6.54 Å². The van der Waals surface area contributed by atoms with E-state index in [0.29, 0.717) is 18.4 Å². The van der Waals surface area contributed by atoms with Crippen LogP contribution in [0.4, 0.5) is 6.01 Å². The predicted octanol–water partition coefficient (Wildman–Crippen LogP) is 3.37. The smallest absolute Gasteiger partial charge is 0.322 e. The van der Waals surface area contributed by atoms with E-state index in [2.05, 4.69) is 15.5 Å². The van der Waals surface area contributed by atoms with Crippen LogP contribution in [0.3, 0.4) is 0 Å². The molecular formula is C18H19N3O4. The highest BCUT2D eigenvalue weighted by atomic mass is 16.5. The Morgan fingerprint density at radius 3 is 2.52 bits per heavy atom. The zero-order valence-electron chi connectivity index (χ0n) is 14.3. The van der Waals surface area contributed by atoms with Gasteiger partial charge in [0.15, 0.2) is 0 Å². The quantitative estimate of drug-likeness (QED) is 0.706. The van der Waals surface area contributed by atoms with Crippen LogP contribution in [0.2, 0.25) is 0 Å². The first-order valence-electron chi connectivity index (χ1n) is 7.66. The Morgan fingerprint density at radius 2 is 1.76 bits per heavy atom. The molecule has 7 heteroatoms. The van der Waals surface area contributed by atoms with E-state index in [0.717, 1.165) is 28.4 Å². The maximum absolute atomic E-state index is 5.38. The van der Waals surface area contributed by atoms with Crippen LogP contribution < -0.4 is 19.5 Å². The van der Waals surface area contributed by atoms with Crippen molar-refractivity contribution in [1.82, 2.24) is 10.1 Å². The Kier molecular flexibility index (Phi) is 5.03. The number of nitrogens with zero attached hydrogens (tertiary/aromatic N) is 2. The van der Waals surface area contributed by atoms with E-state index in [1.165, 1.54) is 0 Å². The molecule has 0 saturated carbocycles. The summed E-state index contributed by atoms with van der Waals surface area (Å²) in [7, 11) is 4.85. The Morgan fingerprint density at radius 1 is 0.960 bits per heavy atom. The third-order valence-corrected chi connectivity index (χ3v) is 3.68. The first kappa shape index (κ1) is 16.6. The summed E-state index contributed by atoms with van der Waals surface area (Å²) in [5.74, 6) is 2.68. The van der Waals surface area contributed by atoms with E-state index in [1.54, 1.807) is 21.3 Å². The normalized spacial score (nSPS) is 10.4. The summed E-state index contributed by atoms with van der Waals surface area (Å²) in [5.41, 5.74) is 1.77. The van der Waals surface area contributed by atoms with Gasteiger partial charge in [-0.25, -0.2) is 0 Å². The lowest BCUT2D eigenvalue weighted by atomic mass is 10.2. The van der Waals surface area contributed by atoms with E-state index in [-0.39, 0.29) is 0 Å². The molecule has 0 amide bonds.